The van der Waals surface area contributed by atoms with E-state index < -0.39 is 0 Å². The van der Waals surface area contributed by atoms with E-state index in [4.69, 9.17) is 0 Å². The van der Waals surface area contributed by atoms with Crippen LogP contribution in [0.1, 0.15) is 29.8 Å². The number of urea groups is 1. The fourth-order valence-electron chi connectivity index (χ4n) is 2.00. The first-order chi connectivity index (χ1) is 11.0. The van der Waals surface area contributed by atoms with E-state index in [2.05, 4.69) is 16.0 Å². The maximum Gasteiger partial charge on any atom is 0.319 e. The Bertz CT molecular complexity index is 652. The minimum absolute atomic E-state index is 0.0871. The summed E-state index contributed by atoms with van der Waals surface area (Å²) >= 11 is 0. The highest BCUT2D eigenvalue weighted by Crippen LogP contribution is 2.10. The van der Waals surface area contributed by atoms with Crippen LogP contribution in [-0.4, -0.2) is 18.0 Å². The molecule has 5 nitrogen and oxygen atoms in total. The molecule has 0 aliphatic heterocycles. The maximum absolute atomic E-state index is 11.8. The average molecular weight is 311 g/mol. The summed E-state index contributed by atoms with van der Waals surface area (Å²) < 4.78 is 0. The van der Waals surface area contributed by atoms with E-state index in [1.807, 2.05) is 44.2 Å². The second-order valence-corrected chi connectivity index (χ2v) is 5.50. The average Bonchev–Trinajstić information content (AvgIpc) is 2.54. The molecule has 0 aromatic heterocycles. The molecule has 0 saturated carbocycles. The molecular formula is C18H21N3O2. The van der Waals surface area contributed by atoms with Crippen LogP contribution in [0.15, 0.2) is 54.6 Å². The molecule has 23 heavy (non-hydrogen) atoms. The zero-order valence-corrected chi connectivity index (χ0v) is 13.3. The Morgan fingerprint density at radius 1 is 0.957 bits per heavy atom. The zero-order chi connectivity index (χ0) is 16.7. The number of rotatable bonds is 5. The Hall–Kier alpha value is -2.82. The van der Waals surface area contributed by atoms with Crippen molar-refractivity contribution in [2.45, 2.75) is 26.4 Å². The van der Waals surface area contributed by atoms with Crippen LogP contribution in [0.3, 0.4) is 0 Å². The lowest BCUT2D eigenvalue weighted by Crippen LogP contribution is -2.30. The molecule has 2 aromatic rings. The number of benzene rings is 2. The molecule has 0 fully saturated rings. The standard InChI is InChI=1S/C18H21N3O2/c1-13(2)20-17(22)15-8-10-16(11-9-15)21-18(23)19-12-14-6-4-3-5-7-14/h3-11,13H,12H2,1-2H3,(H,20,22)(H2,19,21,23). The summed E-state index contributed by atoms with van der Waals surface area (Å²) in [7, 11) is 0. The lowest BCUT2D eigenvalue weighted by atomic mass is 10.2. The molecule has 0 unspecified atom stereocenters. The highest BCUT2D eigenvalue weighted by atomic mass is 16.2. The molecule has 0 heterocycles. The van der Waals surface area contributed by atoms with Crippen molar-refractivity contribution in [1.29, 1.82) is 0 Å². The van der Waals surface area contributed by atoms with Gasteiger partial charge in [-0.15, -0.1) is 0 Å². The summed E-state index contributed by atoms with van der Waals surface area (Å²) in [4.78, 5) is 23.7. The summed E-state index contributed by atoms with van der Waals surface area (Å²) in [6.07, 6.45) is 0. The molecule has 0 bridgehead atoms. The monoisotopic (exact) mass is 311 g/mol. The largest absolute Gasteiger partial charge is 0.350 e. The molecule has 2 rings (SSSR count). The minimum atomic E-state index is -0.284. The summed E-state index contributed by atoms with van der Waals surface area (Å²) in [5.41, 5.74) is 2.23. The molecule has 0 aliphatic carbocycles. The van der Waals surface area contributed by atoms with Crippen LogP contribution >= 0.6 is 0 Å². The third kappa shape index (κ3) is 5.47. The number of carbonyl (C=O) groups excluding carboxylic acids is 2. The van der Waals surface area contributed by atoms with Crippen LogP contribution in [0, 0.1) is 0 Å². The Morgan fingerprint density at radius 3 is 2.22 bits per heavy atom. The molecule has 3 amide bonds. The number of hydrogen-bond acceptors (Lipinski definition) is 2. The topological polar surface area (TPSA) is 70.2 Å². The first-order valence-electron chi connectivity index (χ1n) is 7.54. The van der Waals surface area contributed by atoms with Crippen molar-refractivity contribution < 1.29 is 9.59 Å². The number of nitrogens with one attached hydrogen (secondary N) is 3. The van der Waals surface area contributed by atoms with Gasteiger partial charge in [-0.3, -0.25) is 4.79 Å². The van der Waals surface area contributed by atoms with Gasteiger partial charge in [0.05, 0.1) is 0 Å². The number of carbonyl (C=O) groups is 2. The van der Waals surface area contributed by atoms with Gasteiger partial charge in [0.2, 0.25) is 0 Å². The van der Waals surface area contributed by atoms with Crippen molar-refractivity contribution in [2.24, 2.45) is 0 Å². The van der Waals surface area contributed by atoms with Crippen molar-refractivity contribution in [3.8, 4) is 0 Å². The van der Waals surface area contributed by atoms with Gasteiger partial charge in [-0.05, 0) is 43.7 Å². The zero-order valence-electron chi connectivity index (χ0n) is 13.3. The van der Waals surface area contributed by atoms with Crippen molar-refractivity contribution in [1.82, 2.24) is 10.6 Å². The van der Waals surface area contributed by atoms with Crippen molar-refractivity contribution in [2.75, 3.05) is 5.32 Å². The van der Waals surface area contributed by atoms with Gasteiger partial charge >= 0.3 is 6.03 Å². The Kier molecular flexibility index (Phi) is 5.74. The van der Waals surface area contributed by atoms with Gasteiger partial charge in [-0.1, -0.05) is 30.3 Å². The van der Waals surface area contributed by atoms with Crippen LogP contribution in [0.25, 0.3) is 0 Å². The fourth-order valence-corrected chi connectivity index (χ4v) is 2.00. The molecule has 0 atom stereocenters. The second-order valence-electron chi connectivity index (χ2n) is 5.50. The molecular weight excluding hydrogens is 290 g/mol. The predicted molar refractivity (Wildman–Crippen MR) is 91.3 cm³/mol. The second kappa shape index (κ2) is 7.98. The quantitative estimate of drug-likeness (QED) is 0.794. The van der Waals surface area contributed by atoms with Gasteiger partial charge in [0.1, 0.15) is 0 Å². The SMILES string of the molecule is CC(C)NC(=O)c1ccc(NC(=O)NCc2ccccc2)cc1. The molecule has 2 aromatic carbocycles. The highest BCUT2D eigenvalue weighted by Gasteiger charge is 2.07. The number of anilines is 1. The summed E-state index contributed by atoms with van der Waals surface area (Å²) in [5, 5.41) is 8.34. The molecule has 0 aliphatic rings. The normalized spacial score (nSPS) is 10.2. The molecule has 120 valence electrons. The number of amides is 3. The molecule has 0 spiro atoms. The van der Waals surface area contributed by atoms with E-state index in [0.29, 0.717) is 17.8 Å². The summed E-state index contributed by atoms with van der Waals surface area (Å²) in [6.45, 7) is 4.28. The van der Waals surface area contributed by atoms with E-state index in [1.165, 1.54) is 0 Å². The Labute approximate surface area is 136 Å². The van der Waals surface area contributed by atoms with Gasteiger partial charge in [-0.25, -0.2) is 4.79 Å². The highest BCUT2D eigenvalue weighted by molar-refractivity contribution is 5.95. The van der Waals surface area contributed by atoms with Crippen LogP contribution in [0.5, 0.6) is 0 Å². The van der Waals surface area contributed by atoms with Crippen LogP contribution in [0.2, 0.25) is 0 Å². The van der Waals surface area contributed by atoms with E-state index >= 15 is 0 Å². The molecule has 3 N–H and O–H groups in total. The van der Waals surface area contributed by atoms with Gasteiger partial charge in [-0.2, -0.15) is 0 Å². The Morgan fingerprint density at radius 2 is 1.61 bits per heavy atom. The number of hydrogen-bond donors (Lipinski definition) is 3. The predicted octanol–water partition coefficient (Wildman–Crippen LogP) is 3.15. The summed E-state index contributed by atoms with van der Waals surface area (Å²) in [6, 6.07) is 16.3. The third-order valence-corrected chi connectivity index (χ3v) is 3.12. The van der Waals surface area contributed by atoms with E-state index in [9.17, 15) is 9.59 Å². The summed E-state index contributed by atoms with van der Waals surface area (Å²) in [5.74, 6) is -0.125. The van der Waals surface area contributed by atoms with E-state index in [-0.39, 0.29) is 18.0 Å². The van der Waals surface area contributed by atoms with Crippen molar-refractivity contribution >= 4 is 17.6 Å². The smallest absolute Gasteiger partial charge is 0.319 e. The van der Waals surface area contributed by atoms with E-state index in [0.717, 1.165) is 5.56 Å². The third-order valence-electron chi connectivity index (χ3n) is 3.12. The van der Waals surface area contributed by atoms with Gasteiger partial charge in [0, 0.05) is 23.8 Å². The molecule has 5 heteroatoms. The lowest BCUT2D eigenvalue weighted by molar-refractivity contribution is 0.0943. The first-order valence-corrected chi connectivity index (χ1v) is 7.54. The van der Waals surface area contributed by atoms with Gasteiger partial charge in [0.15, 0.2) is 0 Å². The van der Waals surface area contributed by atoms with Crippen LogP contribution in [0.4, 0.5) is 10.5 Å². The van der Waals surface area contributed by atoms with Crippen molar-refractivity contribution in [3.63, 3.8) is 0 Å². The molecule has 0 radical (unpaired) electrons. The van der Waals surface area contributed by atoms with Crippen LogP contribution < -0.4 is 16.0 Å². The molecule has 0 saturated heterocycles. The van der Waals surface area contributed by atoms with E-state index in [1.54, 1.807) is 24.3 Å². The lowest BCUT2D eigenvalue weighted by Gasteiger charge is -2.10. The maximum atomic E-state index is 11.8. The van der Waals surface area contributed by atoms with Gasteiger partial charge in [0.25, 0.3) is 5.91 Å². The fraction of sp³-hybridized carbons (Fsp3) is 0.222. The minimum Gasteiger partial charge on any atom is -0.350 e. The Balaban J connectivity index is 1.85. The first kappa shape index (κ1) is 16.5. The van der Waals surface area contributed by atoms with Gasteiger partial charge < -0.3 is 16.0 Å². The van der Waals surface area contributed by atoms with Crippen molar-refractivity contribution in [3.05, 3.63) is 65.7 Å². The van der Waals surface area contributed by atoms with Crippen LogP contribution in [-0.2, 0) is 6.54 Å².